The molecule has 4 heterocycles. The van der Waals surface area contributed by atoms with E-state index in [1.807, 2.05) is 45.0 Å². The molecule has 14 heteroatoms. The minimum atomic E-state index is -4.07. The van der Waals surface area contributed by atoms with Crippen LogP contribution in [0.3, 0.4) is 0 Å². The van der Waals surface area contributed by atoms with Crippen molar-refractivity contribution in [2.45, 2.75) is 96.4 Å². The summed E-state index contributed by atoms with van der Waals surface area (Å²) in [6.45, 7) is 3.86. The van der Waals surface area contributed by atoms with E-state index in [-0.39, 0.29) is 24.8 Å². The van der Waals surface area contributed by atoms with Gasteiger partial charge in [0.2, 0.25) is 5.91 Å². The number of halogens is 3. The number of carbonyl (C=O) groups is 1. The minimum Gasteiger partial charge on any atom is -0.494 e. The van der Waals surface area contributed by atoms with Crippen molar-refractivity contribution in [3.8, 4) is 5.75 Å². The van der Waals surface area contributed by atoms with Gasteiger partial charge in [-0.05, 0) is 99.2 Å². The summed E-state index contributed by atoms with van der Waals surface area (Å²) in [5.41, 5.74) is 5.06. The Hall–Kier alpha value is -3.85. The number of hydrogen-bond acceptors (Lipinski definition) is 7. The molecule has 10 nitrogen and oxygen atoms in total. The number of fused-ring (bicyclic) bond motifs is 2. The number of ether oxygens (including phenoxy) is 2. The van der Waals surface area contributed by atoms with Crippen molar-refractivity contribution in [2.24, 2.45) is 0 Å². The largest absolute Gasteiger partial charge is 0.737 e. The standard InChI is InChI=1S/C40H49BClF2N3O7/c1-24(2)45(36(49)16-12-30-10-11-31-22-34-25(3)19-26(4)46(34)41(43,44)47(30)31)17-5-6-18-53-32-13-7-27(8-14-32)20-29-21-28(9-15-33(29)42)40-39(52)38(51)37(50)35(23-48)54-40/h7-11,13-15,19,21-22,24,35,37-40,48,50-52H,5-6,12,16-18,20,23H2,1-4H3/t35-,37-,38+,39-,40+/m1/s1. The molecule has 3 aliphatic heterocycles. The normalized spacial score (nSPS) is 23.0. The van der Waals surface area contributed by atoms with E-state index in [2.05, 4.69) is 0 Å². The molecular weight excluding hydrogens is 719 g/mol. The van der Waals surface area contributed by atoms with Gasteiger partial charge in [-0.15, -0.1) is 0 Å². The minimum absolute atomic E-state index is 0.0364. The van der Waals surface area contributed by atoms with Gasteiger partial charge in [-0.2, -0.15) is 0 Å². The summed E-state index contributed by atoms with van der Waals surface area (Å²) in [5, 5.41) is 41.0. The van der Waals surface area contributed by atoms with Gasteiger partial charge in [0.05, 0.1) is 13.2 Å². The number of aliphatic hydroxyl groups excluding tert-OH is 4. The third-order valence-corrected chi connectivity index (χ3v) is 11.0. The van der Waals surface area contributed by atoms with Crippen LogP contribution in [0, 0.1) is 13.8 Å². The van der Waals surface area contributed by atoms with Gasteiger partial charge >= 0.3 is 6.97 Å². The number of aryl methyl sites for hydroxylation is 2. The van der Waals surface area contributed by atoms with Gasteiger partial charge in [0.25, 0.3) is 0 Å². The van der Waals surface area contributed by atoms with Crippen molar-refractivity contribution in [2.75, 3.05) is 19.8 Å². The lowest BCUT2D eigenvalue weighted by atomic mass is 9.90. The van der Waals surface area contributed by atoms with Crippen LogP contribution in [0.5, 0.6) is 5.75 Å². The fourth-order valence-electron chi connectivity index (χ4n) is 7.73. The molecule has 1 saturated heterocycles. The molecule has 0 saturated carbocycles. The molecule has 1 fully saturated rings. The first-order valence-electron chi connectivity index (χ1n) is 18.6. The van der Waals surface area contributed by atoms with Crippen LogP contribution in [-0.2, 0) is 16.0 Å². The number of nitrogens with zero attached hydrogens (tertiary/aromatic N) is 3. The molecule has 0 spiro atoms. The molecule has 290 valence electrons. The van der Waals surface area contributed by atoms with E-state index >= 15 is 8.63 Å². The van der Waals surface area contributed by atoms with E-state index in [9.17, 15) is 25.2 Å². The van der Waals surface area contributed by atoms with Crippen LogP contribution in [-0.4, -0.2) is 103 Å². The molecule has 0 unspecified atom stereocenters. The van der Waals surface area contributed by atoms with Crippen molar-refractivity contribution in [1.82, 2.24) is 9.38 Å². The number of amides is 1. The number of aromatic nitrogens is 1. The average molecular weight is 768 g/mol. The molecule has 4 N–H and O–H groups in total. The van der Waals surface area contributed by atoms with E-state index in [0.29, 0.717) is 65.1 Å². The summed E-state index contributed by atoms with van der Waals surface area (Å²) in [6, 6.07) is 14.5. The molecule has 1 amide bonds. The molecule has 2 aromatic carbocycles. The highest BCUT2D eigenvalue weighted by Gasteiger charge is 2.52. The topological polar surface area (TPSA) is 128 Å². The van der Waals surface area contributed by atoms with Crippen LogP contribution >= 0.6 is 11.6 Å². The van der Waals surface area contributed by atoms with Gasteiger partial charge in [0.1, 0.15) is 42.0 Å². The molecular formula is C40H49BClF2N3O7. The highest BCUT2D eigenvalue weighted by atomic mass is 35.5. The van der Waals surface area contributed by atoms with Gasteiger partial charge in [0, 0.05) is 54.4 Å². The summed E-state index contributed by atoms with van der Waals surface area (Å²) >= 11 is 6.51. The number of carbonyl (C=O) groups excluding carboxylic acids is 1. The van der Waals surface area contributed by atoms with E-state index in [4.69, 9.17) is 21.1 Å². The molecule has 3 aromatic rings. The lowest BCUT2D eigenvalue weighted by Crippen LogP contribution is -2.55. The highest BCUT2D eigenvalue weighted by Crippen LogP contribution is 2.36. The first-order valence-corrected chi connectivity index (χ1v) is 18.9. The predicted molar refractivity (Wildman–Crippen MR) is 204 cm³/mol. The Morgan fingerprint density at radius 1 is 1.04 bits per heavy atom. The Morgan fingerprint density at radius 2 is 1.78 bits per heavy atom. The first kappa shape index (κ1) is 39.8. The van der Waals surface area contributed by atoms with Gasteiger partial charge in [-0.25, -0.2) is 0 Å². The second-order valence-electron chi connectivity index (χ2n) is 14.7. The smallest absolute Gasteiger partial charge is 0.494 e. The number of aliphatic hydroxyl groups is 4. The molecule has 6 rings (SSSR count). The Balaban J connectivity index is 0.977. The molecule has 0 aliphatic carbocycles. The molecule has 54 heavy (non-hydrogen) atoms. The average Bonchev–Trinajstić information content (AvgIpc) is 3.69. The Kier molecular flexibility index (Phi) is 12.2. The van der Waals surface area contributed by atoms with Crippen molar-refractivity contribution in [3.63, 3.8) is 0 Å². The van der Waals surface area contributed by atoms with E-state index in [1.165, 1.54) is 0 Å². The highest BCUT2D eigenvalue weighted by molar-refractivity contribution is 6.58. The zero-order valence-electron chi connectivity index (χ0n) is 31.0. The number of benzene rings is 2. The SMILES string of the molecule is Cc1cc(C)n2c1C=C1C=CC(CCC(=O)N(CCCCOc3ccc(Cc4cc([C@@H]5O[C@H](CO)[C@@H](O)[C@H](O)[C@H]5O)ccc4Cl)cc3)C(C)C)=[N+]1[B-]2(F)F. The van der Waals surface area contributed by atoms with Crippen molar-refractivity contribution < 1.29 is 47.8 Å². The van der Waals surface area contributed by atoms with Crippen molar-refractivity contribution >= 4 is 36.3 Å². The first-order chi connectivity index (χ1) is 25.7. The maximum Gasteiger partial charge on any atom is 0.737 e. The van der Waals surface area contributed by atoms with E-state index in [1.54, 1.807) is 54.3 Å². The zero-order chi connectivity index (χ0) is 38.9. The second kappa shape index (κ2) is 16.5. The molecule has 0 radical (unpaired) electrons. The number of rotatable bonds is 14. The lowest BCUT2D eigenvalue weighted by Gasteiger charge is -2.40. The third-order valence-electron chi connectivity index (χ3n) is 10.6. The molecule has 3 aliphatic rings. The predicted octanol–water partition coefficient (Wildman–Crippen LogP) is 5.34. The summed E-state index contributed by atoms with van der Waals surface area (Å²) < 4.78 is 45.5. The summed E-state index contributed by atoms with van der Waals surface area (Å²) in [7, 11) is 0. The Morgan fingerprint density at radius 3 is 2.48 bits per heavy atom. The van der Waals surface area contributed by atoms with Crippen molar-refractivity contribution in [1.29, 1.82) is 0 Å². The lowest BCUT2D eigenvalue weighted by molar-refractivity contribution is -0.362. The maximum atomic E-state index is 15.8. The maximum absolute atomic E-state index is 15.8. The number of allylic oxidation sites excluding steroid dienone is 2. The molecule has 0 bridgehead atoms. The molecule has 5 atom stereocenters. The monoisotopic (exact) mass is 767 g/mol. The Labute approximate surface area is 319 Å². The van der Waals surface area contributed by atoms with Crippen LogP contribution in [0.1, 0.15) is 79.3 Å². The van der Waals surface area contributed by atoms with Gasteiger partial charge < -0.3 is 52.4 Å². The zero-order valence-corrected chi connectivity index (χ0v) is 31.8. The number of hydrogen-bond donors (Lipinski definition) is 4. The fraction of sp³-hybridized carbons (Fsp3) is 0.450. The molecule has 1 aromatic heterocycles. The van der Waals surface area contributed by atoms with Gasteiger partial charge in [-0.3, -0.25) is 4.79 Å². The third kappa shape index (κ3) is 8.07. The van der Waals surface area contributed by atoms with Crippen LogP contribution in [0.25, 0.3) is 6.08 Å². The van der Waals surface area contributed by atoms with Crippen molar-refractivity contribution in [3.05, 3.63) is 105 Å². The number of unbranched alkanes of at least 4 members (excludes halogenated alkanes) is 1. The van der Waals surface area contributed by atoms with Crippen LogP contribution in [0.2, 0.25) is 5.02 Å². The van der Waals surface area contributed by atoms with Crippen LogP contribution in [0.4, 0.5) is 8.63 Å². The summed E-state index contributed by atoms with van der Waals surface area (Å²) in [4.78, 5) is 15.1. The Bertz CT molecular complexity index is 1950. The quantitative estimate of drug-likeness (QED) is 0.129. The van der Waals surface area contributed by atoms with Crippen LogP contribution < -0.4 is 4.74 Å². The van der Waals surface area contributed by atoms with E-state index in [0.717, 1.165) is 32.1 Å². The summed E-state index contributed by atoms with van der Waals surface area (Å²) in [5.74, 6) is 0.625. The van der Waals surface area contributed by atoms with Gasteiger partial charge in [0.15, 0.2) is 5.70 Å². The van der Waals surface area contributed by atoms with E-state index < -0.39 is 44.1 Å². The van der Waals surface area contributed by atoms with Crippen LogP contribution in [0.15, 0.2) is 66.4 Å². The fourth-order valence-corrected chi connectivity index (χ4v) is 7.91. The van der Waals surface area contributed by atoms with Gasteiger partial charge in [-0.1, -0.05) is 35.9 Å². The second-order valence-corrected chi connectivity index (χ2v) is 15.1. The summed E-state index contributed by atoms with van der Waals surface area (Å²) in [6.07, 6.45) is 1.22.